The van der Waals surface area contributed by atoms with Gasteiger partial charge >= 0.3 is 0 Å². The lowest BCUT2D eigenvalue weighted by molar-refractivity contribution is -0.134. The fourth-order valence-electron chi connectivity index (χ4n) is 2.32. The first kappa shape index (κ1) is 15.0. The van der Waals surface area contributed by atoms with Crippen LogP contribution in [-0.2, 0) is 9.59 Å². The van der Waals surface area contributed by atoms with E-state index in [0.717, 1.165) is 19.4 Å². The highest BCUT2D eigenvalue weighted by Gasteiger charge is 2.31. The van der Waals surface area contributed by atoms with Crippen LogP contribution in [0.4, 0.5) is 0 Å². The molecule has 18 heavy (non-hydrogen) atoms. The van der Waals surface area contributed by atoms with Gasteiger partial charge < -0.3 is 10.2 Å². The van der Waals surface area contributed by atoms with Gasteiger partial charge in [-0.1, -0.05) is 20.8 Å². The highest BCUT2D eigenvalue weighted by atomic mass is 16.2. The molecule has 0 bridgehead atoms. The number of rotatable bonds is 3. The summed E-state index contributed by atoms with van der Waals surface area (Å²) in [6.45, 7) is 11.1. The first-order valence-electron chi connectivity index (χ1n) is 6.80. The second-order valence-electron chi connectivity index (χ2n) is 6.54. The zero-order chi connectivity index (χ0) is 13.9. The van der Waals surface area contributed by atoms with E-state index < -0.39 is 6.04 Å². The summed E-state index contributed by atoms with van der Waals surface area (Å²) in [5.41, 5.74) is 0.290. The maximum absolute atomic E-state index is 12.2. The van der Waals surface area contributed by atoms with Crippen molar-refractivity contribution in [3.8, 4) is 0 Å². The molecule has 104 valence electrons. The van der Waals surface area contributed by atoms with Crippen molar-refractivity contribution in [2.75, 3.05) is 6.54 Å². The van der Waals surface area contributed by atoms with Crippen molar-refractivity contribution >= 4 is 11.8 Å². The molecule has 0 aliphatic carbocycles. The predicted octanol–water partition coefficient (Wildman–Crippen LogP) is 1.94. The average Bonchev–Trinajstić information content (AvgIpc) is 2.28. The maximum atomic E-state index is 12.2. The van der Waals surface area contributed by atoms with E-state index in [2.05, 4.69) is 26.1 Å². The van der Waals surface area contributed by atoms with Gasteiger partial charge in [-0.05, 0) is 32.1 Å². The van der Waals surface area contributed by atoms with E-state index in [1.165, 1.54) is 0 Å². The molecule has 1 fully saturated rings. The molecule has 1 aliphatic rings. The molecule has 0 aromatic carbocycles. The molecule has 2 atom stereocenters. The number of hydrogen-bond donors (Lipinski definition) is 1. The summed E-state index contributed by atoms with van der Waals surface area (Å²) in [6, 6.07) is -0.389. The molecule has 0 aromatic rings. The smallest absolute Gasteiger partial charge is 0.245 e. The fraction of sp³-hybridized carbons (Fsp3) is 0.857. The minimum absolute atomic E-state index is 0.00224. The van der Waals surface area contributed by atoms with Crippen molar-refractivity contribution in [2.24, 2.45) is 5.41 Å². The van der Waals surface area contributed by atoms with Crippen molar-refractivity contribution in [2.45, 2.75) is 66.0 Å². The van der Waals surface area contributed by atoms with Crippen LogP contribution >= 0.6 is 0 Å². The van der Waals surface area contributed by atoms with Gasteiger partial charge in [0.05, 0.1) is 0 Å². The number of carbonyl (C=O) groups is 2. The Hall–Kier alpha value is -1.06. The first-order valence-corrected chi connectivity index (χ1v) is 6.80. The van der Waals surface area contributed by atoms with Crippen LogP contribution in [0.1, 0.15) is 53.9 Å². The molecule has 0 radical (unpaired) electrons. The van der Waals surface area contributed by atoms with E-state index in [1.807, 2.05) is 11.8 Å². The Labute approximate surface area is 110 Å². The summed E-state index contributed by atoms with van der Waals surface area (Å²) in [5, 5.41) is 2.73. The summed E-state index contributed by atoms with van der Waals surface area (Å²) in [6.07, 6.45) is 2.48. The summed E-state index contributed by atoms with van der Waals surface area (Å²) in [7, 11) is 0. The molecule has 1 N–H and O–H groups in total. The summed E-state index contributed by atoms with van der Waals surface area (Å²) in [5.74, 6) is 0.0175. The van der Waals surface area contributed by atoms with Crippen LogP contribution in [0.5, 0.6) is 0 Å². The molecule has 2 unspecified atom stereocenters. The molecule has 1 rings (SSSR count). The van der Waals surface area contributed by atoms with Crippen molar-refractivity contribution in [3.05, 3.63) is 0 Å². The van der Waals surface area contributed by atoms with Gasteiger partial charge in [0.25, 0.3) is 0 Å². The number of hydrogen-bond acceptors (Lipinski definition) is 2. The molecular weight excluding hydrogens is 228 g/mol. The van der Waals surface area contributed by atoms with Gasteiger partial charge in [-0.25, -0.2) is 0 Å². The Morgan fingerprint density at radius 1 is 1.28 bits per heavy atom. The largest absolute Gasteiger partial charge is 0.345 e. The van der Waals surface area contributed by atoms with Crippen LogP contribution in [0.3, 0.4) is 0 Å². The molecule has 4 heteroatoms. The molecule has 4 nitrogen and oxygen atoms in total. The lowest BCUT2D eigenvalue weighted by Crippen LogP contribution is -2.45. The Kier molecular flexibility index (Phi) is 4.77. The first-order chi connectivity index (χ1) is 8.20. The summed E-state index contributed by atoms with van der Waals surface area (Å²) in [4.78, 5) is 25.6. The zero-order valence-corrected chi connectivity index (χ0v) is 12.2. The second-order valence-corrected chi connectivity index (χ2v) is 6.54. The van der Waals surface area contributed by atoms with Crippen LogP contribution in [0.15, 0.2) is 0 Å². The predicted molar refractivity (Wildman–Crippen MR) is 72.1 cm³/mol. The highest BCUT2D eigenvalue weighted by Crippen LogP contribution is 2.21. The number of amides is 2. The molecule has 2 amide bonds. The van der Waals surface area contributed by atoms with E-state index in [0.29, 0.717) is 6.42 Å². The third-order valence-electron chi connectivity index (χ3n) is 3.37. The van der Waals surface area contributed by atoms with Gasteiger partial charge in [0.15, 0.2) is 0 Å². The van der Waals surface area contributed by atoms with Crippen LogP contribution in [-0.4, -0.2) is 35.3 Å². The van der Waals surface area contributed by atoms with Crippen molar-refractivity contribution < 1.29 is 9.59 Å². The molecule has 1 heterocycles. The molecule has 0 aromatic heterocycles. The fourth-order valence-corrected chi connectivity index (χ4v) is 2.32. The van der Waals surface area contributed by atoms with Crippen LogP contribution < -0.4 is 5.32 Å². The SMILES string of the molecule is CC1NC(=O)CC(C)N(CCCC(C)(C)C)C1=O. The zero-order valence-electron chi connectivity index (χ0n) is 12.2. The molecular formula is C14H26N2O2. The maximum Gasteiger partial charge on any atom is 0.245 e. The summed E-state index contributed by atoms with van der Waals surface area (Å²) < 4.78 is 0. The highest BCUT2D eigenvalue weighted by molar-refractivity contribution is 5.90. The van der Waals surface area contributed by atoms with Gasteiger partial charge in [0.1, 0.15) is 6.04 Å². The third-order valence-corrected chi connectivity index (χ3v) is 3.37. The summed E-state index contributed by atoms with van der Waals surface area (Å²) >= 11 is 0. The van der Waals surface area contributed by atoms with Gasteiger partial charge in [-0.15, -0.1) is 0 Å². The van der Waals surface area contributed by atoms with Crippen molar-refractivity contribution in [1.82, 2.24) is 10.2 Å². The van der Waals surface area contributed by atoms with Gasteiger partial charge in [-0.3, -0.25) is 9.59 Å². The molecule has 0 spiro atoms. The van der Waals surface area contributed by atoms with E-state index in [9.17, 15) is 9.59 Å². The van der Waals surface area contributed by atoms with Crippen LogP contribution in [0.25, 0.3) is 0 Å². The molecule has 1 aliphatic heterocycles. The Morgan fingerprint density at radius 3 is 2.44 bits per heavy atom. The third kappa shape index (κ3) is 4.31. The molecule has 0 saturated carbocycles. The average molecular weight is 254 g/mol. The second kappa shape index (κ2) is 5.72. The standard InChI is InChI=1S/C14H26N2O2/c1-10-9-12(17)15-11(2)13(18)16(10)8-6-7-14(3,4)5/h10-11H,6-9H2,1-5H3,(H,15,17). The number of nitrogens with one attached hydrogen (secondary N) is 1. The van der Waals surface area contributed by atoms with Crippen LogP contribution in [0.2, 0.25) is 0 Å². The van der Waals surface area contributed by atoms with Crippen LogP contribution in [0, 0.1) is 5.41 Å². The molecule has 1 saturated heterocycles. The minimum Gasteiger partial charge on any atom is -0.345 e. The number of nitrogens with zero attached hydrogens (tertiary/aromatic N) is 1. The number of carbonyl (C=O) groups excluding carboxylic acids is 2. The van der Waals surface area contributed by atoms with Gasteiger partial charge in [0, 0.05) is 19.0 Å². The van der Waals surface area contributed by atoms with Gasteiger partial charge in [-0.2, -0.15) is 0 Å². The normalized spacial score (nSPS) is 25.9. The van der Waals surface area contributed by atoms with E-state index in [4.69, 9.17) is 0 Å². The van der Waals surface area contributed by atoms with Crippen molar-refractivity contribution in [1.29, 1.82) is 0 Å². The lowest BCUT2D eigenvalue weighted by atomic mass is 9.90. The Morgan fingerprint density at radius 2 is 1.89 bits per heavy atom. The van der Waals surface area contributed by atoms with E-state index in [-0.39, 0.29) is 23.3 Å². The Bertz CT molecular complexity index is 320. The Balaban J connectivity index is 2.60. The quantitative estimate of drug-likeness (QED) is 0.836. The monoisotopic (exact) mass is 254 g/mol. The minimum atomic E-state index is -0.392. The van der Waals surface area contributed by atoms with E-state index >= 15 is 0 Å². The topological polar surface area (TPSA) is 49.4 Å². The van der Waals surface area contributed by atoms with E-state index in [1.54, 1.807) is 6.92 Å². The van der Waals surface area contributed by atoms with Crippen molar-refractivity contribution in [3.63, 3.8) is 0 Å². The lowest BCUT2D eigenvalue weighted by Gasteiger charge is -2.29. The van der Waals surface area contributed by atoms with Gasteiger partial charge in [0.2, 0.25) is 11.8 Å².